The summed E-state index contributed by atoms with van der Waals surface area (Å²) in [5.41, 5.74) is 1.79. The third-order valence-corrected chi connectivity index (χ3v) is 4.66. The lowest BCUT2D eigenvalue weighted by molar-refractivity contribution is -0.133. The van der Waals surface area contributed by atoms with Crippen LogP contribution in [0.1, 0.15) is 30.7 Å². The van der Waals surface area contributed by atoms with Gasteiger partial charge in [0.1, 0.15) is 5.69 Å². The van der Waals surface area contributed by atoms with E-state index in [0.29, 0.717) is 12.1 Å². The van der Waals surface area contributed by atoms with E-state index < -0.39 is 0 Å². The molecule has 0 aliphatic carbocycles. The molecule has 0 aromatic carbocycles. The quantitative estimate of drug-likeness (QED) is 0.905. The second-order valence-electron chi connectivity index (χ2n) is 6.18. The van der Waals surface area contributed by atoms with Gasteiger partial charge in [-0.05, 0) is 33.1 Å². The summed E-state index contributed by atoms with van der Waals surface area (Å²) in [5, 5.41) is 7.89. The molecule has 2 saturated heterocycles. The first kappa shape index (κ1) is 17.1. The molecule has 1 aromatic heterocycles. The Kier molecular flexibility index (Phi) is 5.34. The number of aromatic nitrogens is 2. The molecule has 2 bridgehead atoms. The molecule has 0 saturated carbocycles. The van der Waals surface area contributed by atoms with E-state index >= 15 is 0 Å². The summed E-state index contributed by atoms with van der Waals surface area (Å²) in [6, 6.07) is 1.06. The molecule has 7 heteroatoms. The molecule has 1 amide bonds. The van der Waals surface area contributed by atoms with Crippen molar-refractivity contribution in [2.24, 2.45) is 7.05 Å². The average molecular weight is 329 g/mol. The Morgan fingerprint density at radius 1 is 1.32 bits per heavy atom. The first-order chi connectivity index (χ1) is 10.0. The Bertz CT molecular complexity index is 546. The predicted octanol–water partition coefficient (Wildman–Crippen LogP) is 1.19. The molecular weight excluding hydrogens is 304 g/mol. The molecule has 1 aromatic rings. The lowest BCUT2D eigenvalue weighted by Gasteiger charge is -2.24. The van der Waals surface area contributed by atoms with Crippen molar-refractivity contribution in [3.05, 3.63) is 11.4 Å². The van der Waals surface area contributed by atoms with Crippen LogP contribution in [0.5, 0.6) is 5.75 Å². The number of ether oxygens (including phenoxy) is 1. The minimum absolute atomic E-state index is 0. The summed E-state index contributed by atoms with van der Waals surface area (Å²) in [6.45, 7) is 5.60. The highest BCUT2D eigenvalue weighted by molar-refractivity contribution is 5.85. The summed E-state index contributed by atoms with van der Waals surface area (Å²) in [4.78, 5) is 14.3. The number of carbonyl (C=O) groups excluding carboxylic acids is 1. The Balaban J connectivity index is 0.00000176. The van der Waals surface area contributed by atoms with Crippen LogP contribution in [0.4, 0.5) is 0 Å². The molecule has 2 unspecified atom stereocenters. The second kappa shape index (κ2) is 6.87. The van der Waals surface area contributed by atoms with Gasteiger partial charge in [-0.2, -0.15) is 5.10 Å². The van der Waals surface area contributed by atoms with Crippen LogP contribution < -0.4 is 10.1 Å². The summed E-state index contributed by atoms with van der Waals surface area (Å²) in [6.07, 6.45) is 3.47. The van der Waals surface area contributed by atoms with Gasteiger partial charge in [0.2, 0.25) is 0 Å². The van der Waals surface area contributed by atoms with Crippen molar-refractivity contribution in [1.82, 2.24) is 20.0 Å². The molecule has 2 fully saturated rings. The lowest BCUT2D eigenvalue weighted by Crippen LogP contribution is -2.41. The number of fused-ring (bicyclic) bond motifs is 2. The molecule has 3 rings (SSSR count). The maximum Gasteiger partial charge on any atom is 0.260 e. The van der Waals surface area contributed by atoms with Crippen LogP contribution in [-0.2, 0) is 11.8 Å². The smallest absolute Gasteiger partial charge is 0.260 e. The molecule has 124 valence electrons. The summed E-state index contributed by atoms with van der Waals surface area (Å²) < 4.78 is 7.51. The highest BCUT2D eigenvalue weighted by Crippen LogP contribution is 2.23. The monoisotopic (exact) mass is 328 g/mol. The van der Waals surface area contributed by atoms with Crippen LogP contribution in [0.3, 0.4) is 0 Å². The fraction of sp³-hybridized carbons (Fsp3) is 0.733. The number of nitrogens with one attached hydrogen (secondary N) is 1. The van der Waals surface area contributed by atoms with Gasteiger partial charge in [0.15, 0.2) is 12.4 Å². The van der Waals surface area contributed by atoms with E-state index in [1.54, 1.807) is 4.68 Å². The average Bonchev–Trinajstić information content (AvgIpc) is 2.88. The van der Waals surface area contributed by atoms with Gasteiger partial charge in [-0.1, -0.05) is 0 Å². The number of nitrogens with zero attached hydrogens (tertiary/aromatic N) is 3. The summed E-state index contributed by atoms with van der Waals surface area (Å²) >= 11 is 0. The first-order valence-corrected chi connectivity index (χ1v) is 7.71. The zero-order valence-electron chi connectivity index (χ0n) is 13.5. The van der Waals surface area contributed by atoms with Crippen molar-refractivity contribution in [2.75, 3.05) is 19.7 Å². The zero-order chi connectivity index (χ0) is 15.0. The molecule has 2 aliphatic heterocycles. The van der Waals surface area contributed by atoms with Crippen LogP contribution >= 0.6 is 12.4 Å². The Hall–Kier alpha value is -1.27. The normalized spacial score (nSPS) is 23.9. The van der Waals surface area contributed by atoms with Gasteiger partial charge in [-0.15, -0.1) is 12.4 Å². The number of amides is 1. The van der Waals surface area contributed by atoms with Crippen molar-refractivity contribution in [2.45, 2.75) is 45.2 Å². The van der Waals surface area contributed by atoms with E-state index in [9.17, 15) is 4.79 Å². The fourth-order valence-electron chi connectivity index (χ4n) is 3.36. The van der Waals surface area contributed by atoms with Crippen molar-refractivity contribution in [3.63, 3.8) is 0 Å². The van der Waals surface area contributed by atoms with Crippen LogP contribution in [0.25, 0.3) is 0 Å². The summed E-state index contributed by atoms with van der Waals surface area (Å²) in [7, 11) is 1.88. The van der Waals surface area contributed by atoms with Crippen LogP contribution in [0.2, 0.25) is 0 Å². The molecule has 2 aliphatic rings. The third kappa shape index (κ3) is 3.38. The second-order valence-corrected chi connectivity index (χ2v) is 6.18. The SMILES string of the molecule is Cc1nn(C)c(C)c1OCC(=O)N1CCC2CCC(C1)N2.Cl. The lowest BCUT2D eigenvalue weighted by atomic mass is 10.1. The molecule has 0 spiro atoms. The highest BCUT2D eigenvalue weighted by atomic mass is 35.5. The van der Waals surface area contributed by atoms with E-state index in [-0.39, 0.29) is 24.9 Å². The molecule has 6 nitrogen and oxygen atoms in total. The van der Waals surface area contributed by atoms with Gasteiger partial charge < -0.3 is 15.0 Å². The number of hydrogen-bond donors (Lipinski definition) is 1. The van der Waals surface area contributed by atoms with Gasteiger partial charge in [0.05, 0.1) is 5.69 Å². The molecule has 0 radical (unpaired) electrons. The Morgan fingerprint density at radius 3 is 2.73 bits per heavy atom. The molecule has 22 heavy (non-hydrogen) atoms. The third-order valence-electron chi connectivity index (χ3n) is 4.66. The van der Waals surface area contributed by atoms with Crippen LogP contribution in [-0.4, -0.2) is 52.4 Å². The van der Waals surface area contributed by atoms with Crippen molar-refractivity contribution < 1.29 is 9.53 Å². The molecule has 3 heterocycles. The molecular formula is C15H25ClN4O2. The first-order valence-electron chi connectivity index (χ1n) is 7.71. The van der Waals surface area contributed by atoms with Gasteiger partial charge >= 0.3 is 0 Å². The topological polar surface area (TPSA) is 59.4 Å². The van der Waals surface area contributed by atoms with Gasteiger partial charge in [-0.25, -0.2) is 0 Å². The van der Waals surface area contributed by atoms with E-state index in [1.165, 1.54) is 12.8 Å². The van der Waals surface area contributed by atoms with Crippen LogP contribution in [0.15, 0.2) is 0 Å². The number of aryl methyl sites for hydroxylation is 2. The van der Waals surface area contributed by atoms with Crippen molar-refractivity contribution >= 4 is 18.3 Å². The van der Waals surface area contributed by atoms with E-state index in [4.69, 9.17) is 4.74 Å². The number of halogens is 1. The molecule has 2 atom stereocenters. The Morgan fingerprint density at radius 2 is 2.05 bits per heavy atom. The minimum atomic E-state index is 0. The molecule has 1 N–H and O–H groups in total. The standard InChI is InChI=1S/C15H24N4O2.ClH/c1-10-15(11(2)18(3)17-10)21-9-14(20)19-7-6-12-4-5-13(8-19)16-12;/h12-13,16H,4-9H2,1-3H3;1H. The van der Waals surface area contributed by atoms with E-state index in [1.807, 2.05) is 25.8 Å². The number of hydrogen-bond acceptors (Lipinski definition) is 4. The fourth-order valence-corrected chi connectivity index (χ4v) is 3.36. The Labute approximate surface area is 137 Å². The predicted molar refractivity (Wildman–Crippen MR) is 86.6 cm³/mol. The van der Waals surface area contributed by atoms with Gasteiger partial charge in [0, 0.05) is 32.2 Å². The largest absolute Gasteiger partial charge is 0.480 e. The van der Waals surface area contributed by atoms with E-state index in [0.717, 1.165) is 36.6 Å². The zero-order valence-corrected chi connectivity index (χ0v) is 14.3. The number of carbonyl (C=O) groups is 1. The number of rotatable bonds is 3. The summed E-state index contributed by atoms with van der Waals surface area (Å²) in [5.74, 6) is 0.812. The van der Waals surface area contributed by atoms with Crippen LogP contribution in [0, 0.1) is 13.8 Å². The maximum absolute atomic E-state index is 12.4. The van der Waals surface area contributed by atoms with E-state index in [2.05, 4.69) is 10.4 Å². The number of likely N-dealkylation sites (tertiary alicyclic amines) is 1. The minimum Gasteiger partial charge on any atom is -0.480 e. The highest BCUT2D eigenvalue weighted by Gasteiger charge is 2.31. The van der Waals surface area contributed by atoms with Crippen molar-refractivity contribution in [1.29, 1.82) is 0 Å². The maximum atomic E-state index is 12.4. The van der Waals surface area contributed by atoms with Gasteiger partial charge in [0.25, 0.3) is 5.91 Å². The van der Waals surface area contributed by atoms with Gasteiger partial charge in [-0.3, -0.25) is 9.48 Å². The van der Waals surface area contributed by atoms with Crippen molar-refractivity contribution in [3.8, 4) is 5.75 Å².